The van der Waals surface area contributed by atoms with Crippen molar-refractivity contribution in [1.82, 2.24) is 4.98 Å². The molecule has 1 heterocycles. The van der Waals surface area contributed by atoms with Gasteiger partial charge in [0.25, 0.3) is 0 Å². The molecule has 1 saturated carbocycles. The summed E-state index contributed by atoms with van der Waals surface area (Å²) in [5, 5.41) is 2.93. The number of anilines is 1. The number of aromatic nitrogens is 1. The predicted octanol–water partition coefficient (Wildman–Crippen LogP) is 3.60. The van der Waals surface area contributed by atoms with Gasteiger partial charge in [-0.25, -0.2) is 4.98 Å². The van der Waals surface area contributed by atoms with Gasteiger partial charge in [-0.3, -0.25) is 4.79 Å². The van der Waals surface area contributed by atoms with E-state index in [1.54, 1.807) is 6.20 Å². The van der Waals surface area contributed by atoms with Crippen molar-refractivity contribution in [2.45, 2.75) is 39.0 Å². The molecule has 0 atom stereocenters. The Morgan fingerprint density at radius 2 is 2.06 bits per heavy atom. The van der Waals surface area contributed by atoms with Gasteiger partial charge in [0.05, 0.1) is 0 Å². The molecule has 3 nitrogen and oxygen atoms in total. The second kappa shape index (κ2) is 5.33. The van der Waals surface area contributed by atoms with E-state index < -0.39 is 0 Å². The highest BCUT2D eigenvalue weighted by Gasteiger charge is 2.34. The van der Waals surface area contributed by atoms with Crippen molar-refractivity contribution in [3.05, 3.63) is 21.9 Å². The van der Waals surface area contributed by atoms with Crippen molar-refractivity contribution >= 4 is 34.3 Å². The van der Waals surface area contributed by atoms with Crippen molar-refractivity contribution in [3.8, 4) is 0 Å². The van der Waals surface area contributed by atoms with Crippen molar-refractivity contribution in [2.24, 2.45) is 5.41 Å². The van der Waals surface area contributed by atoms with Crippen LogP contribution in [0.4, 0.5) is 5.82 Å². The van der Waals surface area contributed by atoms with Crippen molar-refractivity contribution < 1.29 is 4.79 Å². The van der Waals surface area contributed by atoms with Crippen LogP contribution in [0.3, 0.4) is 0 Å². The Hall–Kier alpha value is -0.650. The van der Waals surface area contributed by atoms with Crippen LogP contribution in [0.1, 0.15) is 39.0 Å². The number of carbonyl (C=O) groups is 1. The first-order valence-electron chi connectivity index (χ1n) is 6.03. The van der Waals surface area contributed by atoms with Crippen molar-refractivity contribution in [1.29, 1.82) is 0 Å². The van der Waals surface area contributed by atoms with Crippen LogP contribution in [0.15, 0.2) is 18.3 Å². The molecular formula is C13H17IN2O. The summed E-state index contributed by atoms with van der Waals surface area (Å²) in [6.07, 6.45) is 7.31. The van der Waals surface area contributed by atoms with E-state index in [9.17, 15) is 4.79 Å². The number of pyridine rings is 1. The molecule has 1 N–H and O–H groups in total. The zero-order valence-corrected chi connectivity index (χ0v) is 12.2. The molecule has 1 aromatic heterocycles. The minimum Gasteiger partial charge on any atom is -0.310 e. The van der Waals surface area contributed by atoms with Crippen LogP contribution in [0.5, 0.6) is 0 Å². The van der Waals surface area contributed by atoms with Crippen LogP contribution >= 0.6 is 22.6 Å². The quantitative estimate of drug-likeness (QED) is 0.833. The van der Waals surface area contributed by atoms with Crippen LogP contribution in [0.2, 0.25) is 0 Å². The maximum Gasteiger partial charge on any atom is 0.231 e. The van der Waals surface area contributed by atoms with Gasteiger partial charge in [0.15, 0.2) is 0 Å². The van der Waals surface area contributed by atoms with Crippen LogP contribution in [0.25, 0.3) is 0 Å². The Kier molecular flexibility index (Phi) is 4.01. The number of nitrogens with one attached hydrogen (secondary N) is 1. The normalized spacial score (nSPS) is 18.7. The van der Waals surface area contributed by atoms with E-state index in [1.807, 2.05) is 12.1 Å². The predicted molar refractivity (Wildman–Crippen MR) is 76.8 cm³/mol. The molecular weight excluding hydrogens is 327 g/mol. The smallest absolute Gasteiger partial charge is 0.231 e. The standard InChI is InChI=1S/C13H17IN2O/c1-13(7-3-2-4-8-13)12(17)16-11-6-5-10(14)9-15-11/h5-6,9H,2-4,7-8H2,1H3,(H,15,16,17). The molecule has 0 bridgehead atoms. The highest BCUT2D eigenvalue weighted by molar-refractivity contribution is 14.1. The lowest BCUT2D eigenvalue weighted by Crippen LogP contribution is -2.35. The van der Waals surface area contributed by atoms with E-state index in [4.69, 9.17) is 0 Å². The van der Waals surface area contributed by atoms with Gasteiger partial charge in [0.1, 0.15) is 5.82 Å². The fourth-order valence-corrected chi connectivity index (χ4v) is 2.60. The summed E-state index contributed by atoms with van der Waals surface area (Å²) in [5.74, 6) is 0.771. The molecule has 1 fully saturated rings. The molecule has 1 aliphatic rings. The summed E-state index contributed by atoms with van der Waals surface area (Å²) in [7, 11) is 0. The second-order valence-electron chi connectivity index (χ2n) is 4.94. The van der Waals surface area contributed by atoms with Gasteiger partial charge in [-0.05, 0) is 47.6 Å². The molecule has 0 aromatic carbocycles. The van der Waals surface area contributed by atoms with Crippen LogP contribution < -0.4 is 5.32 Å². The van der Waals surface area contributed by atoms with Crippen LogP contribution in [0, 0.1) is 8.99 Å². The van der Waals surface area contributed by atoms with E-state index in [2.05, 4.69) is 39.8 Å². The average Bonchev–Trinajstić information content (AvgIpc) is 2.33. The summed E-state index contributed by atoms with van der Waals surface area (Å²) < 4.78 is 1.07. The molecule has 2 rings (SSSR count). The highest BCUT2D eigenvalue weighted by atomic mass is 127. The SMILES string of the molecule is CC1(C(=O)Nc2ccc(I)cn2)CCCCC1. The van der Waals surface area contributed by atoms with E-state index in [0.29, 0.717) is 5.82 Å². The first-order chi connectivity index (χ1) is 8.10. The Morgan fingerprint density at radius 1 is 1.35 bits per heavy atom. The zero-order chi connectivity index (χ0) is 12.3. The third-order valence-electron chi connectivity index (χ3n) is 3.47. The lowest BCUT2D eigenvalue weighted by atomic mass is 9.75. The maximum atomic E-state index is 12.2. The summed E-state index contributed by atoms with van der Waals surface area (Å²) in [4.78, 5) is 16.4. The van der Waals surface area contributed by atoms with Gasteiger partial charge in [0, 0.05) is 15.2 Å². The number of nitrogens with zero attached hydrogens (tertiary/aromatic N) is 1. The lowest BCUT2D eigenvalue weighted by molar-refractivity contribution is -0.126. The summed E-state index contributed by atoms with van der Waals surface area (Å²) in [6.45, 7) is 2.06. The first-order valence-corrected chi connectivity index (χ1v) is 7.11. The maximum absolute atomic E-state index is 12.2. The van der Waals surface area contributed by atoms with E-state index in [1.165, 1.54) is 6.42 Å². The molecule has 92 valence electrons. The largest absolute Gasteiger partial charge is 0.310 e. The van der Waals surface area contributed by atoms with Gasteiger partial charge < -0.3 is 5.32 Å². The molecule has 0 aliphatic heterocycles. The Labute approximate surface area is 116 Å². The molecule has 1 aliphatic carbocycles. The fraction of sp³-hybridized carbons (Fsp3) is 0.538. The topological polar surface area (TPSA) is 42.0 Å². The molecule has 4 heteroatoms. The molecule has 0 unspecified atom stereocenters. The van der Waals surface area contributed by atoms with Crippen LogP contribution in [-0.4, -0.2) is 10.9 Å². The van der Waals surface area contributed by atoms with E-state index >= 15 is 0 Å². The Bertz CT molecular complexity index is 396. The molecule has 1 aromatic rings. The summed E-state index contributed by atoms with van der Waals surface area (Å²) in [6, 6.07) is 3.80. The molecule has 17 heavy (non-hydrogen) atoms. The molecule has 0 saturated heterocycles. The highest BCUT2D eigenvalue weighted by Crippen LogP contribution is 2.36. The number of carbonyl (C=O) groups excluding carboxylic acids is 1. The first kappa shape index (κ1) is 12.8. The molecule has 0 spiro atoms. The number of hydrogen-bond acceptors (Lipinski definition) is 2. The zero-order valence-electron chi connectivity index (χ0n) is 10.0. The van der Waals surface area contributed by atoms with Gasteiger partial charge in [-0.15, -0.1) is 0 Å². The van der Waals surface area contributed by atoms with Gasteiger partial charge in [0.2, 0.25) is 5.91 Å². The average molecular weight is 344 g/mol. The minimum absolute atomic E-state index is 0.117. The Balaban J connectivity index is 2.03. The second-order valence-corrected chi connectivity index (χ2v) is 6.18. The van der Waals surface area contributed by atoms with Crippen LogP contribution in [-0.2, 0) is 4.79 Å². The molecule has 0 radical (unpaired) electrons. The van der Waals surface area contributed by atoms with Crippen molar-refractivity contribution in [3.63, 3.8) is 0 Å². The lowest BCUT2D eigenvalue weighted by Gasteiger charge is -2.31. The van der Waals surface area contributed by atoms with Crippen molar-refractivity contribution in [2.75, 3.05) is 5.32 Å². The molecule has 1 amide bonds. The summed E-state index contributed by atoms with van der Waals surface area (Å²) in [5.41, 5.74) is -0.205. The Morgan fingerprint density at radius 3 is 2.65 bits per heavy atom. The fourth-order valence-electron chi connectivity index (χ4n) is 2.28. The van der Waals surface area contributed by atoms with E-state index in [-0.39, 0.29) is 11.3 Å². The summed E-state index contributed by atoms with van der Waals surface area (Å²) >= 11 is 2.20. The van der Waals surface area contributed by atoms with Gasteiger partial charge in [-0.1, -0.05) is 26.2 Å². The van der Waals surface area contributed by atoms with Gasteiger partial charge in [-0.2, -0.15) is 0 Å². The third-order valence-corrected chi connectivity index (χ3v) is 4.11. The number of hydrogen-bond donors (Lipinski definition) is 1. The monoisotopic (exact) mass is 344 g/mol. The number of halogens is 1. The number of rotatable bonds is 2. The minimum atomic E-state index is -0.205. The van der Waals surface area contributed by atoms with Gasteiger partial charge >= 0.3 is 0 Å². The third kappa shape index (κ3) is 3.18. The number of amides is 1. The van der Waals surface area contributed by atoms with E-state index in [0.717, 1.165) is 29.3 Å².